The molecule has 29 heavy (non-hydrogen) atoms. The zero-order chi connectivity index (χ0) is 21.2. The van der Waals surface area contributed by atoms with Gasteiger partial charge in [0, 0.05) is 24.9 Å². The van der Waals surface area contributed by atoms with Crippen LogP contribution in [-0.4, -0.2) is 42.7 Å². The lowest BCUT2D eigenvalue weighted by Crippen LogP contribution is -2.38. The minimum Gasteiger partial charge on any atom is -0.495 e. The Morgan fingerprint density at radius 1 is 1.03 bits per heavy atom. The lowest BCUT2D eigenvalue weighted by Gasteiger charge is -2.22. The maximum absolute atomic E-state index is 13.0. The number of anilines is 1. The Hall–Kier alpha value is -3.22. The fourth-order valence-electron chi connectivity index (χ4n) is 2.83. The first-order valence-electron chi connectivity index (χ1n) is 9.44. The van der Waals surface area contributed by atoms with Crippen LogP contribution in [0.2, 0.25) is 0 Å². The molecule has 0 spiro atoms. The number of carbonyl (C=O) groups is 3. The molecule has 0 saturated carbocycles. The summed E-state index contributed by atoms with van der Waals surface area (Å²) in [4.78, 5) is 38.6. The lowest BCUT2D eigenvalue weighted by molar-refractivity contribution is -0.134. The average Bonchev–Trinajstić information content (AvgIpc) is 2.72. The molecular formula is C22H25FN2O4. The smallest absolute Gasteiger partial charge is 0.244 e. The Morgan fingerprint density at radius 2 is 1.72 bits per heavy atom. The third-order valence-corrected chi connectivity index (χ3v) is 4.29. The van der Waals surface area contributed by atoms with Crippen LogP contribution in [0.15, 0.2) is 48.5 Å². The number of methoxy groups -OCH3 is 1. The zero-order valence-corrected chi connectivity index (χ0v) is 16.6. The van der Waals surface area contributed by atoms with Crippen molar-refractivity contribution in [1.29, 1.82) is 0 Å². The van der Waals surface area contributed by atoms with E-state index in [2.05, 4.69) is 5.32 Å². The second kappa shape index (κ2) is 10.9. The number of carbonyl (C=O) groups excluding carboxylic acids is 3. The first-order chi connectivity index (χ1) is 13.9. The Kier molecular flexibility index (Phi) is 8.33. The summed E-state index contributed by atoms with van der Waals surface area (Å²) in [6.07, 6.45) is 0.663. The molecule has 0 fully saturated rings. The molecule has 0 aliphatic heterocycles. The lowest BCUT2D eigenvalue weighted by atomic mass is 10.1. The van der Waals surface area contributed by atoms with Crippen LogP contribution in [0.3, 0.4) is 0 Å². The number of rotatable bonds is 10. The van der Waals surface area contributed by atoms with Crippen molar-refractivity contribution in [1.82, 2.24) is 4.90 Å². The fourth-order valence-corrected chi connectivity index (χ4v) is 2.83. The molecule has 2 aromatic carbocycles. The molecule has 0 aliphatic rings. The molecule has 154 valence electrons. The molecule has 0 saturated heterocycles. The van der Waals surface area contributed by atoms with Crippen molar-refractivity contribution in [3.8, 4) is 5.75 Å². The summed E-state index contributed by atoms with van der Waals surface area (Å²) in [7, 11) is 1.51. The van der Waals surface area contributed by atoms with Gasteiger partial charge in [-0.15, -0.1) is 0 Å². The Balaban J connectivity index is 1.93. The number of halogens is 1. The fraction of sp³-hybridized carbons (Fsp3) is 0.318. The number of hydrogen-bond donors (Lipinski definition) is 1. The van der Waals surface area contributed by atoms with Crippen molar-refractivity contribution in [2.24, 2.45) is 0 Å². The predicted octanol–water partition coefficient (Wildman–Crippen LogP) is 3.67. The summed E-state index contributed by atoms with van der Waals surface area (Å²) in [5.74, 6) is -0.765. The maximum Gasteiger partial charge on any atom is 0.244 e. The van der Waals surface area contributed by atoms with Crippen LogP contribution in [-0.2, 0) is 9.59 Å². The second-order valence-electron chi connectivity index (χ2n) is 6.49. The Labute approximate surface area is 169 Å². The number of nitrogens with one attached hydrogen (secondary N) is 1. The normalized spacial score (nSPS) is 10.3. The molecule has 7 heteroatoms. The van der Waals surface area contributed by atoms with Gasteiger partial charge in [0.25, 0.3) is 0 Å². The number of Topliss-reactive ketones (excluding diaryl/α,β-unsaturated/α-hetero) is 1. The van der Waals surface area contributed by atoms with Gasteiger partial charge in [-0.1, -0.05) is 19.1 Å². The minimum atomic E-state index is -0.423. The van der Waals surface area contributed by atoms with Crippen LogP contribution in [0.4, 0.5) is 10.1 Å². The number of para-hydroxylation sites is 2. The highest BCUT2D eigenvalue weighted by Gasteiger charge is 2.19. The Bertz CT molecular complexity index is 852. The monoisotopic (exact) mass is 400 g/mol. The van der Waals surface area contributed by atoms with Gasteiger partial charge in [0.15, 0.2) is 5.78 Å². The van der Waals surface area contributed by atoms with E-state index >= 15 is 0 Å². The minimum absolute atomic E-state index is 0.00118. The van der Waals surface area contributed by atoms with Gasteiger partial charge in [0.05, 0.1) is 19.3 Å². The van der Waals surface area contributed by atoms with Gasteiger partial charge in [-0.3, -0.25) is 14.4 Å². The van der Waals surface area contributed by atoms with Crippen molar-refractivity contribution < 1.29 is 23.5 Å². The maximum atomic E-state index is 13.0. The van der Waals surface area contributed by atoms with Gasteiger partial charge in [-0.2, -0.15) is 0 Å². The molecule has 0 heterocycles. The largest absolute Gasteiger partial charge is 0.495 e. The molecule has 6 nitrogen and oxygen atoms in total. The van der Waals surface area contributed by atoms with Gasteiger partial charge in [-0.25, -0.2) is 4.39 Å². The quantitative estimate of drug-likeness (QED) is 0.618. The SMILES string of the molecule is CCCN(CC(=O)Nc1ccccc1OC)C(=O)CCC(=O)c1ccc(F)cc1. The number of nitrogens with zero attached hydrogens (tertiary/aromatic N) is 1. The van der Waals surface area contributed by atoms with E-state index < -0.39 is 5.82 Å². The van der Waals surface area contributed by atoms with Crippen LogP contribution in [0.5, 0.6) is 5.75 Å². The molecule has 0 atom stereocenters. The van der Waals surface area contributed by atoms with Crippen molar-refractivity contribution in [2.75, 3.05) is 25.5 Å². The number of amides is 2. The van der Waals surface area contributed by atoms with Gasteiger partial charge in [0.2, 0.25) is 11.8 Å². The highest BCUT2D eigenvalue weighted by molar-refractivity contribution is 5.99. The third kappa shape index (κ3) is 6.71. The molecule has 0 bridgehead atoms. The zero-order valence-electron chi connectivity index (χ0n) is 16.6. The van der Waals surface area contributed by atoms with Crippen LogP contribution >= 0.6 is 0 Å². The van der Waals surface area contributed by atoms with Crippen molar-refractivity contribution in [2.45, 2.75) is 26.2 Å². The van der Waals surface area contributed by atoms with E-state index in [-0.39, 0.29) is 37.0 Å². The van der Waals surface area contributed by atoms with Crippen LogP contribution < -0.4 is 10.1 Å². The van der Waals surface area contributed by atoms with Crippen LogP contribution in [0, 0.1) is 5.82 Å². The molecule has 0 aliphatic carbocycles. The predicted molar refractivity (Wildman–Crippen MR) is 108 cm³/mol. The molecule has 2 rings (SSSR count). The highest BCUT2D eigenvalue weighted by Crippen LogP contribution is 2.22. The van der Waals surface area contributed by atoms with Crippen molar-refractivity contribution in [3.05, 3.63) is 59.9 Å². The highest BCUT2D eigenvalue weighted by atomic mass is 19.1. The summed E-state index contributed by atoms with van der Waals surface area (Å²) < 4.78 is 18.2. The summed E-state index contributed by atoms with van der Waals surface area (Å²) in [5.41, 5.74) is 0.880. The van der Waals surface area contributed by atoms with Crippen molar-refractivity contribution in [3.63, 3.8) is 0 Å². The summed E-state index contributed by atoms with van der Waals surface area (Å²) in [6.45, 7) is 2.19. The van der Waals surface area contributed by atoms with E-state index in [1.54, 1.807) is 24.3 Å². The number of ketones is 1. The summed E-state index contributed by atoms with van der Waals surface area (Å²) in [5, 5.41) is 2.74. The molecular weight excluding hydrogens is 375 g/mol. The summed E-state index contributed by atoms with van der Waals surface area (Å²) in [6, 6.07) is 12.2. The van der Waals surface area contributed by atoms with Crippen LogP contribution in [0.1, 0.15) is 36.5 Å². The number of benzene rings is 2. The van der Waals surface area contributed by atoms with E-state index in [9.17, 15) is 18.8 Å². The topological polar surface area (TPSA) is 75.7 Å². The third-order valence-electron chi connectivity index (χ3n) is 4.29. The first kappa shape index (κ1) is 22.1. The number of hydrogen-bond acceptors (Lipinski definition) is 4. The van der Waals surface area contributed by atoms with Gasteiger partial charge >= 0.3 is 0 Å². The molecule has 0 radical (unpaired) electrons. The van der Waals surface area contributed by atoms with Gasteiger partial charge in [-0.05, 0) is 42.8 Å². The molecule has 1 N–H and O–H groups in total. The van der Waals surface area contributed by atoms with Gasteiger partial charge in [0.1, 0.15) is 11.6 Å². The van der Waals surface area contributed by atoms with E-state index in [4.69, 9.17) is 4.74 Å². The molecule has 0 unspecified atom stereocenters. The molecule has 2 amide bonds. The summed E-state index contributed by atoms with van der Waals surface area (Å²) >= 11 is 0. The Morgan fingerprint density at radius 3 is 2.38 bits per heavy atom. The van der Waals surface area contributed by atoms with E-state index in [1.165, 1.54) is 36.3 Å². The van der Waals surface area contributed by atoms with Crippen molar-refractivity contribution >= 4 is 23.3 Å². The van der Waals surface area contributed by atoms with E-state index in [0.717, 1.165) is 0 Å². The second-order valence-corrected chi connectivity index (χ2v) is 6.49. The first-order valence-corrected chi connectivity index (χ1v) is 9.44. The average molecular weight is 400 g/mol. The van der Waals surface area contributed by atoms with Crippen LogP contribution in [0.25, 0.3) is 0 Å². The number of ether oxygens (including phenoxy) is 1. The standard InChI is InChI=1S/C22H25FN2O4/c1-3-14-25(15-21(27)24-18-6-4-5-7-20(18)29-2)22(28)13-12-19(26)16-8-10-17(23)11-9-16/h4-11H,3,12-15H2,1-2H3,(H,24,27). The van der Waals surface area contributed by atoms with Gasteiger partial charge < -0.3 is 15.0 Å². The molecule has 0 aromatic heterocycles. The van der Waals surface area contributed by atoms with E-state index in [0.29, 0.717) is 30.0 Å². The molecule has 2 aromatic rings. The van der Waals surface area contributed by atoms with E-state index in [1.807, 2.05) is 6.92 Å².